The average Bonchev–Trinajstić information content (AvgIpc) is 2.46. The molecule has 4 heteroatoms. The third kappa shape index (κ3) is 6.79. The van der Waals surface area contributed by atoms with Gasteiger partial charge in [-0.15, -0.1) is 0 Å². The smallest absolute Gasteiger partial charge is 0.0453 e. The predicted octanol–water partition coefficient (Wildman–Crippen LogP) is 3.26. The summed E-state index contributed by atoms with van der Waals surface area (Å²) in [6.07, 6.45) is 2.28. The van der Waals surface area contributed by atoms with Crippen molar-refractivity contribution in [3.05, 3.63) is 34.9 Å². The van der Waals surface area contributed by atoms with Gasteiger partial charge in [-0.05, 0) is 58.7 Å². The van der Waals surface area contributed by atoms with Crippen LogP contribution < -0.4 is 5.32 Å². The zero-order valence-electron chi connectivity index (χ0n) is 13.9. The topological polar surface area (TPSA) is 18.5 Å². The highest BCUT2D eigenvalue weighted by Gasteiger charge is 2.14. The Bertz CT molecular complexity index is 395. The maximum absolute atomic E-state index is 6.32. The van der Waals surface area contributed by atoms with Crippen LogP contribution in [0.2, 0.25) is 5.02 Å². The zero-order chi connectivity index (χ0) is 15.7. The number of hydrogen-bond donors (Lipinski definition) is 1. The van der Waals surface area contributed by atoms with Crippen molar-refractivity contribution in [2.45, 2.75) is 25.8 Å². The van der Waals surface area contributed by atoms with Crippen molar-refractivity contribution in [1.29, 1.82) is 0 Å². The van der Waals surface area contributed by atoms with Crippen molar-refractivity contribution in [3.63, 3.8) is 0 Å². The van der Waals surface area contributed by atoms with E-state index in [0.717, 1.165) is 37.6 Å². The Hall–Kier alpha value is -0.610. The first kappa shape index (κ1) is 18.4. The largest absolute Gasteiger partial charge is 0.313 e. The zero-order valence-corrected chi connectivity index (χ0v) is 14.7. The fourth-order valence-corrected chi connectivity index (χ4v) is 2.79. The van der Waals surface area contributed by atoms with Gasteiger partial charge in [-0.3, -0.25) is 0 Å². The Balaban J connectivity index is 2.57. The van der Waals surface area contributed by atoms with Gasteiger partial charge in [0, 0.05) is 24.2 Å². The van der Waals surface area contributed by atoms with Gasteiger partial charge in [-0.25, -0.2) is 0 Å². The molecule has 21 heavy (non-hydrogen) atoms. The molecule has 1 unspecified atom stereocenters. The molecule has 0 aliphatic heterocycles. The molecule has 0 spiro atoms. The summed E-state index contributed by atoms with van der Waals surface area (Å²) < 4.78 is 0. The fourth-order valence-electron chi connectivity index (χ4n) is 2.52. The van der Waals surface area contributed by atoms with Crippen molar-refractivity contribution >= 4 is 11.6 Å². The molecule has 1 N–H and O–H groups in total. The molecule has 1 aromatic rings. The van der Waals surface area contributed by atoms with Crippen LogP contribution in [-0.4, -0.2) is 57.1 Å². The van der Waals surface area contributed by atoms with E-state index in [1.807, 2.05) is 19.2 Å². The summed E-state index contributed by atoms with van der Waals surface area (Å²) in [5, 5.41) is 4.25. The average molecular weight is 312 g/mol. The van der Waals surface area contributed by atoms with Gasteiger partial charge in [0.05, 0.1) is 0 Å². The highest BCUT2D eigenvalue weighted by atomic mass is 35.5. The van der Waals surface area contributed by atoms with Crippen molar-refractivity contribution in [2.75, 3.05) is 47.3 Å². The molecule has 1 atom stereocenters. The lowest BCUT2D eigenvalue weighted by Gasteiger charge is -2.26. The van der Waals surface area contributed by atoms with E-state index >= 15 is 0 Å². The molecule has 0 amide bonds. The lowest BCUT2D eigenvalue weighted by atomic mass is 10.0. The number of halogens is 1. The van der Waals surface area contributed by atoms with Gasteiger partial charge in [0.1, 0.15) is 0 Å². The number of hydrogen-bond acceptors (Lipinski definition) is 3. The Morgan fingerprint density at radius 2 is 1.81 bits per heavy atom. The van der Waals surface area contributed by atoms with E-state index in [1.54, 1.807) is 0 Å². The lowest BCUT2D eigenvalue weighted by Crippen LogP contribution is -2.34. The quantitative estimate of drug-likeness (QED) is 0.715. The van der Waals surface area contributed by atoms with Crippen LogP contribution in [0, 0.1) is 0 Å². The Morgan fingerprint density at radius 1 is 1.10 bits per heavy atom. The lowest BCUT2D eigenvalue weighted by molar-refractivity contribution is 0.230. The summed E-state index contributed by atoms with van der Waals surface area (Å²) in [6, 6.07) is 8.45. The van der Waals surface area contributed by atoms with E-state index in [1.165, 1.54) is 12.0 Å². The second-order valence-electron chi connectivity index (χ2n) is 5.80. The molecule has 0 aliphatic rings. The van der Waals surface area contributed by atoms with E-state index in [0.29, 0.717) is 6.04 Å². The van der Waals surface area contributed by atoms with Crippen molar-refractivity contribution < 1.29 is 0 Å². The standard InChI is InChI=1S/C17H30ClN3/c1-5-11-21(14-13-20(3)4)12-10-17(19-2)15-8-6-7-9-16(15)18/h6-9,17,19H,5,10-14H2,1-4H3. The molecule has 3 nitrogen and oxygen atoms in total. The number of benzene rings is 1. The van der Waals surface area contributed by atoms with Crippen molar-refractivity contribution in [3.8, 4) is 0 Å². The van der Waals surface area contributed by atoms with Crippen molar-refractivity contribution in [1.82, 2.24) is 15.1 Å². The maximum Gasteiger partial charge on any atom is 0.0453 e. The second kappa shape index (κ2) is 10.2. The molecule has 120 valence electrons. The van der Waals surface area contributed by atoms with Crippen LogP contribution >= 0.6 is 11.6 Å². The second-order valence-corrected chi connectivity index (χ2v) is 6.20. The van der Waals surface area contributed by atoms with Crippen LogP contribution in [0.1, 0.15) is 31.4 Å². The fraction of sp³-hybridized carbons (Fsp3) is 0.647. The van der Waals surface area contributed by atoms with Gasteiger partial charge in [0.15, 0.2) is 0 Å². The molecular weight excluding hydrogens is 282 g/mol. The van der Waals surface area contributed by atoms with Crippen LogP contribution in [0.3, 0.4) is 0 Å². The molecule has 1 rings (SSSR count). The maximum atomic E-state index is 6.32. The summed E-state index contributed by atoms with van der Waals surface area (Å²) in [4.78, 5) is 4.79. The summed E-state index contributed by atoms with van der Waals surface area (Å²) in [6.45, 7) is 6.73. The third-order valence-corrected chi connectivity index (χ3v) is 4.11. The SMILES string of the molecule is CCCN(CCC(NC)c1ccccc1Cl)CCN(C)C. The Kier molecular flexibility index (Phi) is 8.93. The van der Waals surface area contributed by atoms with Crippen molar-refractivity contribution in [2.24, 2.45) is 0 Å². The van der Waals surface area contributed by atoms with Gasteiger partial charge in [-0.1, -0.05) is 36.7 Å². The molecule has 0 saturated carbocycles. The highest BCUT2D eigenvalue weighted by Crippen LogP contribution is 2.24. The van der Waals surface area contributed by atoms with Gasteiger partial charge in [-0.2, -0.15) is 0 Å². The van der Waals surface area contributed by atoms with Crippen LogP contribution in [0.25, 0.3) is 0 Å². The normalized spacial score (nSPS) is 13.1. The van der Waals surface area contributed by atoms with Crippen LogP contribution in [0.4, 0.5) is 0 Å². The number of nitrogens with zero attached hydrogens (tertiary/aromatic N) is 2. The molecule has 0 aliphatic carbocycles. The van der Waals surface area contributed by atoms with E-state index in [-0.39, 0.29) is 0 Å². The predicted molar refractivity (Wildman–Crippen MR) is 93.2 cm³/mol. The molecular formula is C17H30ClN3. The van der Waals surface area contributed by atoms with Crippen LogP contribution in [0.5, 0.6) is 0 Å². The first-order valence-electron chi connectivity index (χ1n) is 7.87. The minimum atomic E-state index is 0.317. The number of likely N-dealkylation sites (N-methyl/N-ethyl adjacent to an activating group) is 1. The minimum Gasteiger partial charge on any atom is -0.313 e. The molecule has 0 saturated heterocycles. The third-order valence-electron chi connectivity index (χ3n) is 3.77. The first-order valence-corrected chi connectivity index (χ1v) is 8.25. The summed E-state index contributed by atoms with van der Waals surface area (Å²) in [5.74, 6) is 0. The summed E-state index contributed by atoms with van der Waals surface area (Å²) in [5.41, 5.74) is 1.20. The number of rotatable bonds is 10. The summed E-state index contributed by atoms with van der Waals surface area (Å²) in [7, 11) is 6.27. The van der Waals surface area contributed by atoms with Crippen LogP contribution in [-0.2, 0) is 0 Å². The highest BCUT2D eigenvalue weighted by molar-refractivity contribution is 6.31. The van der Waals surface area contributed by atoms with E-state index < -0.39 is 0 Å². The monoisotopic (exact) mass is 311 g/mol. The van der Waals surface area contributed by atoms with Gasteiger partial charge in [0.2, 0.25) is 0 Å². The van der Waals surface area contributed by atoms with Gasteiger partial charge in [0.25, 0.3) is 0 Å². The van der Waals surface area contributed by atoms with Gasteiger partial charge < -0.3 is 15.1 Å². The molecule has 1 aromatic carbocycles. The molecule has 0 bridgehead atoms. The number of nitrogens with one attached hydrogen (secondary N) is 1. The molecule has 0 fully saturated rings. The molecule has 0 heterocycles. The molecule has 0 aromatic heterocycles. The molecule has 0 radical (unpaired) electrons. The minimum absolute atomic E-state index is 0.317. The van der Waals surface area contributed by atoms with E-state index in [4.69, 9.17) is 11.6 Å². The first-order chi connectivity index (χ1) is 10.1. The Morgan fingerprint density at radius 3 is 2.38 bits per heavy atom. The summed E-state index contributed by atoms with van der Waals surface area (Å²) >= 11 is 6.32. The van der Waals surface area contributed by atoms with E-state index in [2.05, 4.69) is 48.3 Å². The van der Waals surface area contributed by atoms with Crippen LogP contribution in [0.15, 0.2) is 24.3 Å². The Labute approximate surface area is 135 Å². The van der Waals surface area contributed by atoms with E-state index in [9.17, 15) is 0 Å². The van der Waals surface area contributed by atoms with Gasteiger partial charge >= 0.3 is 0 Å².